The van der Waals surface area contributed by atoms with Crippen LogP contribution in [0.2, 0.25) is 0 Å². The molecule has 1 heterocycles. The van der Waals surface area contributed by atoms with Gasteiger partial charge in [0.05, 0.1) is 16.6 Å². The van der Waals surface area contributed by atoms with Crippen LogP contribution in [0.25, 0.3) is 6.08 Å². The minimum absolute atomic E-state index is 0.159. The predicted molar refractivity (Wildman–Crippen MR) is 113 cm³/mol. The van der Waals surface area contributed by atoms with Gasteiger partial charge in [0.15, 0.2) is 11.5 Å². The van der Waals surface area contributed by atoms with Crippen molar-refractivity contribution in [2.45, 2.75) is 13.5 Å². The summed E-state index contributed by atoms with van der Waals surface area (Å²) < 4.78 is 12.0. The van der Waals surface area contributed by atoms with Crippen LogP contribution < -0.4 is 20.1 Å². The Bertz CT molecular complexity index is 1070. The van der Waals surface area contributed by atoms with Crippen LogP contribution in [0.1, 0.15) is 28.4 Å². The number of imide groups is 2. The Morgan fingerprint density at radius 2 is 1.71 bits per heavy atom. The average molecular weight is 489 g/mol. The van der Waals surface area contributed by atoms with E-state index in [9.17, 15) is 19.2 Å². The number of nitrogens with one attached hydrogen (secondary N) is 2. The van der Waals surface area contributed by atoms with Crippen molar-refractivity contribution in [1.82, 2.24) is 10.6 Å². The fourth-order valence-corrected chi connectivity index (χ4v) is 3.32. The second kappa shape index (κ2) is 9.43. The van der Waals surface area contributed by atoms with Gasteiger partial charge in [-0.05, 0) is 64.3 Å². The number of carbonyl (C=O) groups excluding carboxylic acids is 3. The molecule has 3 N–H and O–H groups in total. The maximum absolute atomic E-state index is 11.9. The average Bonchev–Trinajstić information content (AvgIpc) is 2.70. The summed E-state index contributed by atoms with van der Waals surface area (Å²) in [6.07, 6.45) is 1.33. The van der Waals surface area contributed by atoms with E-state index in [1.807, 2.05) is 10.6 Å². The lowest BCUT2D eigenvalue weighted by Gasteiger charge is -2.16. The van der Waals surface area contributed by atoms with E-state index in [1.165, 1.54) is 18.2 Å². The van der Waals surface area contributed by atoms with Crippen LogP contribution in [0.4, 0.5) is 4.79 Å². The molecule has 0 aliphatic carbocycles. The number of hydrogen-bond donors (Lipinski definition) is 3. The summed E-state index contributed by atoms with van der Waals surface area (Å²) in [5, 5.41) is 13.0. The third-order valence-electron chi connectivity index (χ3n) is 4.17. The molecule has 0 spiro atoms. The first-order valence-electron chi connectivity index (χ1n) is 9.08. The molecule has 31 heavy (non-hydrogen) atoms. The standard InChI is InChI=1S/C21H17BrN2O7/c1-2-30-16-9-12(7-14-18(25)23-21(29)24-19(14)26)8-15(22)17(16)31-10-11-3-5-13(6-4-11)20(27)28/h3-9H,2,10H2,1H3,(H,27,28)(H2,23,24,25,26,29). The van der Waals surface area contributed by atoms with Gasteiger partial charge in [0.2, 0.25) is 0 Å². The number of hydrogen-bond acceptors (Lipinski definition) is 6. The van der Waals surface area contributed by atoms with Crippen LogP contribution in [0, 0.1) is 0 Å². The number of amides is 4. The highest BCUT2D eigenvalue weighted by molar-refractivity contribution is 9.10. The summed E-state index contributed by atoms with van der Waals surface area (Å²) in [6.45, 7) is 2.29. The van der Waals surface area contributed by atoms with Gasteiger partial charge in [-0.25, -0.2) is 9.59 Å². The van der Waals surface area contributed by atoms with Gasteiger partial charge in [0, 0.05) is 0 Å². The molecule has 3 rings (SSSR count). The molecule has 2 aromatic rings. The molecule has 1 saturated heterocycles. The van der Waals surface area contributed by atoms with Gasteiger partial charge in [-0.2, -0.15) is 0 Å². The van der Waals surface area contributed by atoms with E-state index in [0.29, 0.717) is 28.1 Å². The molecular formula is C21H17BrN2O7. The molecule has 2 aromatic carbocycles. The number of halogens is 1. The van der Waals surface area contributed by atoms with E-state index in [2.05, 4.69) is 15.9 Å². The second-order valence-electron chi connectivity index (χ2n) is 6.35. The second-order valence-corrected chi connectivity index (χ2v) is 7.20. The lowest BCUT2D eigenvalue weighted by atomic mass is 10.1. The van der Waals surface area contributed by atoms with E-state index in [-0.39, 0.29) is 17.7 Å². The number of rotatable bonds is 7. The molecule has 0 unspecified atom stereocenters. The Hall–Kier alpha value is -3.66. The number of barbiturate groups is 1. The number of benzene rings is 2. The first-order valence-corrected chi connectivity index (χ1v) is 9.87. The van der Waals surface area contributed by atoms with Crippen LogP contribution in [0.3, 0.4) is 0 Å². The zero-order valence-corrected chi connectivity index (χ0v) is 17.8. The Morgan fingerprint density at radius 1 is 1.06 bits per heavy atom. The van der Waals surface area contributed by atoms with Gasteiger partial charge in [-0.15, -0.1) is 0 Å². The van der Waals surface area contributed by atoms with E-state index >= 15 is 0 Å². The molecule has 0 radical (unpaired) electrons. The van der Waals surface area contributed by atoms with E-state index in [4.69, 9.17) is 14.6 Å². The number of carbonyl (C=O) groups is 4. The topological polar surface area (TPSA) is 131 Å². The van der Waals surface area contributed by atoms with E-state index in [0.717, 1.165) is 5.56 Å². The molecule has 160 valence electrons. The SMILES string of the molecule is CCOc1cc(C=C2C(=O)NC(=O)NC2=O)cc(Br)c1OCc1ccc(C(=O)O)cc1. The Kier molecular flexibility index (Phi) is 6.71. The largest absolute Gasteiger partial charge is 0.490 e. The first kappa shape index (κ1) is 22.0. The molecule has 9 nitrogen and oxygen atoms in total. The normalized spacial score (nSPS) is 13.4. The molecule has 4 amide bonds. The van der Waals surface area contributed by atoms with Crippen molar-refractivity contribution in [3.8, 4) is 11.5 Å². The van der Waals surface area contributed by atoms with Gasteiger partial charge < -0.3 is 14.6 Å². The molecule has 0 atom stereocenters. The van der Waals surface area contributed by atoms with Gasteiger partial charge in [-0.1, -0.05) is 12.1 Å². The summed E-state index contributed by atoms with van der Waals surface area (Å²) in [5.74, 6) is -1.83. The zero-order valence-electron chi connectivity index (χ0n) is 16.2. The molecular weight excluding hydrogens is 472 g/mol. The van der Waals surface area contributed by atoms with Gasteiger partial charge >= 0.3 is 12.0 Å². The van der Waals surface area contributed by atoms with Crippen molar-refractivity contribution in [3.63, 3.8) is 0 Å². The molecule has 1 aliphatic rings. The van der Waals surface area contributed by atoms with E-state index in [1.54, 1.807) is 31.2 Å². The van der Waals surface area contributed by atoms with Crippen LogP contribution in [-0.4, -0.2) is 35.5 Å². The van der Waals surface area contributed by atoms with Gasteiger partial charge in [0.1, 0.15) is 12.2 Å². The third kappa shape index (κ3) is 5.28. The Morgan fingerprint density at radius 3 is 2.29 bits per heavy atom. The quantitative estimate of drug-likeness (QED) is 0.403. The fourth-order valence-electron chi connectivity index (χ4n) is 2.75. The number of aromatic carboxylic acids is 1. The minimum atomic E-state index is -1.01. The van der Waals surface area contributed by atoms with Crippen molar-refractivity contribution in [2.24, 2.45) is 0 Å². The maximum atomic E-state index is 11.9. The highest BCUT2D eigenvalue weighted by atomic mass is 79.9. The van der Waals surface area contributed by atoms with Gasteiger partial charge in [0.25, 0.3) is 11.8 Å². The first-order chi connectivity index (χ1) is 14.8. The number of urea groups is 1. The summed E-state index contributed by atoms with van der Waals surface area (Å²) >= 11 is 3.41. The van der Waals surface area contributed by atoms with Crippen LogP contribution >= 0.6 is 15.9 Å². The van der Waals surface area contributed by atoms with Crippen LogP contribution in [0.15, 0.2) is 46.4 Å². The molecule has 0 aromatic heterocycles. The van der Waals surface area contributed by atoms with Crippen molar-refractivity contribution in [3.05, 3.63) is 63.1 Å². The lowest BCUT2D eigenvalue weighted by molar-refractivity contribution is -0.123. The minimum Gasteiger partial charge on any atom is -0.490 e. The molecule has 1 aliphatic heterocycles. The van der Waals surface area contributed by atoms with Crippen LogP contribution in [0.5, 0.6) is 11.5 Å². The third-order valence-corrected chi connectivity index (χ3v) is 4.76. The summed E-state index contributed by atoms with van der Waals surface area (Å²) in [5.41, 5.74) is 1.19. The number of carboxylic acids is 1. The molecule has 10 heteroatoms. The van der Waals surface area contributed by atoms with Crippen molar-refractivity contribution < 1.29 is 33.8 Å². The summed E-state index contributed by atoms with van der Waals surface area (Å²) in [7, 11) is 0. The highest BCUT2D eigenvalue weighted by Crippen LogP contribution is 2.38. The maximum Gasteiger partial charge on any atom is 0.335 e. The van der Waals surface area contributed by atoms with Crippen molar-refractivity contribution in [2.75, 3.05) is 6.61 Å². The zero-order chi connectivity index (χ0) is 22.5. The molecule has 1 fully saturated rings. The monoisotopic (exact) mass is 488 g/mol. The summed E-state index contributed by atoms with van der Waals surface area (Å²) in [6, 6.07) is 8.63. The Labute approximate surface area is 185 Å². The fraction of sp³-hybridized carbons (Fsp3) is 0.143. The highest BCUT2D eigenvalue weighted by Gasteiger charge is 2.28. The smallest absolute Gasteiger partial charge is 0.335 e. The predicted octanol–water partition coefficient (Wildman–Crippen LogP) is 2.87. The Balaban J connectivity index is 1.85. The van der Waals surface area contributed by atoms with E-state index < -0.39 is 23.8 Å². The van der Waals surface area contributed by atoms with Crippen molar-refractivity contribution >= 4 is 45.8 Å². The van der Waals surface area contributed by atoms with Gasteiger partial charge in [-0.3, -0.25) is 20.2 Å². The number of carboxylic acid groups (broad SMARTS) is 1. The van der Waals surface area contributed by atoms with Crippen molar-refractivity contribution in [1.29, 1.82) is 0 Å². The number of ether oxygens (including phenoxy) is 2. The molecule has 0 bridgehead atoms. The van der Waals surface area contributed by atoms with Crippen LogP contribution in [-0.2, 0) is 16.2 Å². The summed E-state index contributed by atoms with van der Waals surface area (Å²) in [4.78, 5) is 46.0. The molecule has 0 saturated carbocycles. The lowest BCUT2D eigenvalue weighted by Crippen LogP contribution is -2.51.